The van der Waals surface area contributed by atoms with Gasteiger partial charge in [-0.2, -0.15) is 0 Å². The first-order valence-corrected chi connectivity index (χ1v) is 9.09. The van der Waals surface area contributed by atoms with Crippen LogP contribution in [-0.4, -0.2) is 30.0 Å². The molecule has 0 unspecified atom stereocenters. The van der Waals surface area contributed by atoms with Crippen molar-refractivity contribution in [1.29, 1.82) is 0 Å². The molecule has 1 aromatic carbocycles. The molecule has 0 radical (unpaired) electrons. The third kappa shape index (κ3) is 4.08. The van der Waals surface area contributed by atoms with Gasteiger partial charge in [-0.05, 0) is 12.5 Å². The van der Waals surface area contributed by atoms with E-state index in [1.165, 1.54) is 18.3 Å². The summed E-state index contributed by atoms with van der Waals surface area (Å²) < 4.78 is 36.7. The van der Waals surface area contributed by atoms with Gasteiger partial charge in [-0.25, -0.2) is 17.6 Å². The molecule has 1 aromatic heterocycles. The lowest BCUT2D eigenvalue weighted by Crippen LogP contribution is -2.36. The van der Waals surface area contributed by atoms with Crippen LogP contribution < -0.4 is 11.2 Å². The summed E-state index contributed by atoms with van der Waals surface area (Å²) in [5.41, 5.74) is -1.13. The van der Waals surface area contributed by atoms with E-state index in [1.54, 1.807) is 0 Å². The van der Waals surface area contributed by atoms with E-state index in [2.05, 4.69) is 4.98 Å². The van der Waals surface area contributed by atoms with Crippen molar-refractivity contribution < 1.29 is 12.8 Å². The number of nitrogens with one attached hydrogen (secondary N) is 1. The first-order chi connectivity index (χ1) is 10.7. The molecule has 1 heterocycles. The highest BCUT2D eigenvalue weighted by atomic mass is 35.5. The Morgan fingerprint density at radius 3 is 2.61 bits per heavy atom. The summed E-state index contributed by atoms with van der Waals surface area (Å²) >= 11 is 5.86. The van der Waals surface area contributed by atoms with Gasteiger partial charge in [0.25, 0.3) is 5.56 Å². The third-order valence-electron chi connectivity index (χ3n) is 3.20. The summed E-state index contributed by atoms with van der Waals surface area (Å²) in [6.45, 7) is -0.0674. The Bertz CT molecular complexity index is 950. The van der Waals surface area contributed by atoms with Crippen molar-refractivity contribution in [3.05, 3.63) is 56.1 Å². The van der Waals surface area contributed by atoms with E-state index in [0.29, 0.717) is 0 Å². The van der Waals surface area contributed by atoms with Crippen LogP contribution in [0.3, 0.4) is 0 Å². The molecular weight excluding hydrogens is 347 g/mol. The van der Waals surface area contributed by atoms with Crippen molar-refractivity contribution in [2.24, 2.45) is 0 Å². The SMILES string of the molecule is CS(=O)(=O)CCCn1c(=O)[nH]cc(-c2cccc(F)c2Cl)c1=O. The molecule has 0 aliphatic carbocycles. The van der Waals surface area contributed by atoms with Crippen LogP contribution in [-0.2, 0) is 16.4 Å². The van der Waals surface area contributed by atoms with Crippen LogP contribution in [0.5, 0.6) is 0 Å². The number of hydrogen-bond acceptors (Lipinski definition) is 4. The smallest absolute Gasteiger partial charge is 0.313 e. The number of sulfone groups is 1. The molecule has 0 atom stereocenters. The first-order valence-electron chi connectivity index (χ1n) is 6.65. The summed E-state index contributed by atoms with van der Waals surface area (Å²) in [4.78, 5) is 26.6. The molecule has 1 N–H and O–H groups in total. The van der Waals surface area contributed by atoms with Gasteiger partial charge in [-0.3, -0.25) is 9.36 Å². The van der Waals surface area contributed by atoms with Crippen LogP contribution in [0.1, 0.15) is 6.42 Å². The van der Waals surface area contributed by atoms with Gasteiger partial charge in [0.05, 0.1) is 16.3 Å². The van der Waals surface area contributed by atoms with Gasteiger partial charge < -0.3 is 4.98 Å². The minimum atomic E-state index is -3.19. The van der Waals surface area contributed by atoms with Gasteiger partial charge in [-0.1, -0.05) is 23.7 Å². The monoisotopic (exact) mass is 360 g/mol. The van der Waals surface area contributed by atoms with Gasteiger partial charge in [0.1, 0.15) is 15.7 Å². The van der Waals surface area contributed by atoms with E-state index in [1.807, 2.05) is 0 Å². The quantitative estimate of drug-likeness (QED) is 0.873. The van der Waals surface area contributed by atoms with E-state index in [0.717, 1.165) is 16.9 Å². The summed E-state index contributed by atoms with van der Waals surface area (Å²) in [6.07, 6.45) is 2.35. The number of H-pyrrole nitrogens is 1. The zero-order chi connectivity index (χ0) is 17.2. The average Bonchev–Trinajstić information content (AvgIpc) is 2.45. The number of benzene rings is 1. The molecule has 9 heteroatoms. The molecule has 0 fully saturated rings. The Balaban J connectivity index is 2.45. The van der Waals surface area contributed by atoms with Crippen molar-refractivity contribution in [2.75, 3.05) is 12.0 Å². The zero-order valence-corrected chi connectivity index (χ0v) is 13.7. The zero-order valence-electron chi connectivity index (χ0n) is 12.2. The highest BCUT2D eigenvalue weighted by Gasteiger charge is 2.14. The summed E-state index contributed by atoms with van der Waals surface area (Å²) in [5.74, 6) is -0.831. The summed E-state index contributed by atoms with van der Waals surface area (Å²) in [5, 5.41) is -0.223. The van der Waals surface area contributed by atoms with Crippen LogP contribution in [0, 0.1) is 5.82 Å². The maximum absolute atomic E-state index is 13.5. The molecule has 0 amide bonds. The number of aromatic nitrogens is 2. The fraction of sp³-hybridized carbons (Fsp3) is 0.286. The second-order valence-corrected chi connectivity index (χ2v) is 7.69. The van der Waals surface area contributed by atoms with Gasteiger partial charge in [0, 0.05) is 24.6 Å². The van der Waals surface area contributed by atoms with Crippen molar-refractivity contribution in [2.45, 2.75) is 13.0 Å². The molecule has 6 nitrogen and oxygen atoms in total. The highest BCUT2D eigenvalue weighted by Crippen LogP contribution is 2.27. The van der Waals surface area contributed by atoms with Gasteiger partial charge in [-0.15, -0.1) is 0 Å². The Morgan fingerprint density at radius 2 is 1.96 bits per heavy atom. The van der Waals surface area contributed by atoms with E-state index < -0.39 is 26.9 Å². The number of aromatic amines is 1. The normalized spacial score (nSPS) is 11.6. The first kappa shape index (κ1) is 17.4. The molecule has 124 valence electrons. The minimum absolute atomic E-state index is 0.0356. The maximum atomic E-state index is 13.5. The molecule has 23 heavy (non-hydrogen) atoms. The lowest BCUT2D eigenvalue weighted by Gasteiger charge is -2.08. The van der Waals surface area contributed by atoms with Crippen LogP contribution in [0.15, 0.2) is 34.0 Å². The van der Waals surface area contributed by atoms with E-state index >= 15 is 0 Å². The molecule has 0 saturated heterocycles. The molecule has 0 saturated carbocycles. The van der Waals surface area contributed by atoms with Crippen LogP contribution in [0.25, 0.3) is 11.1 Å². The van der Waals surface area contributed by atoms with Crippen LogP contribution in [0.2, 0.25) is 5.02 Å². The number of rotatable bonds is 5. The van der Waals surface area contributed by atoms with Crippen molar-refractivity contribution in [3.63, 3.8) is 0 Å². The fourth-order valence-corrected chi connectivity index (χ4v) is 2.99. The van der Waals surface area contributed by atoms with Gasteiger partial charge in [0.2, 0.25) is 0 Å². The second-order valence-electron chi connectivity index (χ2n) is 5.05. The second kappa shape index (κ2) is 6.67. The number of nitrogens with zero attached hydrogens (tertiary/aromatic N) is 1. The average molecular weight is 361 g/mol. The molecule has 0 bridgehead atoms. The van der Waals surface area contributed by atoms with E-state index in [4.69, 9.17) is 11.6 Å². The van der Waals surface area contributed by atoms with Crippen molar-refractivity contribution in [1.82, 2.24) is 9.55 Å². The molecule has 2 aromatic rings. The fourth-order valence-electron chi connectivity index (χ4n) is 2.10. The van der Waals surface area contributed by atoms with Crippen LogP contribution in [0.4, 0.5) is 4.39 Å². The largest absolute Gasteiger partial charge is 0.328 e. The van der Waals surface area contributed by atoms with Crippen molar-refractivity contribution in [3.8, 4) is 11.1 Å². The topological polar surface area (TPSA) is 89.0 Å². The molecule has 0 aliphatic rings. The highest BCUT2D eigenvalue weighted by molar-refractivity contribution is 7.90. The molecule has 0 aliphatic heterocycles. The number of halogens is 2. The molecule has 2 rings (SSSR count). The lowest BCUT2D eigenvalue weighted by atomic mass is 10.1. The standard InChI is InChI=1S/C14H14ClFN2O4S/c1-23(21,22)7-3-6-18-13(19)10(8-17-14(18)20)9-4-2-5-11(16)12(9)15/h2,4-5,8H,3,6-7H2,1H3,(H,17,20). The maximum Gasteiger partial charge on any atom is 0.328 e. The third-order valence-corrected chi connectivity index (χ3v) is 4.61. The molecule has 0 spiro atoms. The Hall–Kier alpha value is -1.93. The van der Waals surface area contributed by atoms with Crippen LogP contribution >= 0.6 is 11.6 Å². The predicted molar refractivity (Wildman–Crippen MR) is 86.1 cm³/mol. The Kier molecular flexibility index (Phi) is 5.06. The molecular formula is C14H14ClFN2O4S. The number of hydrogen-bond donors (Lipinski definition) is 1. The van der Waals surface area contributed by atoms with Gasteiger partial charge >= 0.3 is 5.69 Å². The van der Waals surface area contributed by atoms with E-state index in [9.17, 15) is 22.4 Å². The lowest BCUT2D eigenvalue weighted by molar-refractivity contribution is 0.581. The van der Waals surface area contributed by atoms with Crippen molar-refractivity contribution >= 4 is 21.4 Å². The Morgan fingerprint density at radius 1 is 1.26 bits per heavy atom. The van der Waals surface area contributed by atoms with Gasteiger partial charge in [0.15, 0.2) is 0 Å². The summed E-state index contributed by atoms with van der Waals surface area (Å²) in [6, 6.07) is 4.01. The van der Waals surface area contributed by atoms with E-state index in [-0.39, 0.29) is 34.9 Å². The summed E-state index contributed by atoms with van der Waals surface area (Å²) in [7, 11) is -3.19. The minimum Gasteiger partial charge on any atom is -0.313 e. The Labute approximate surface area is 136 Å². The predicted octanol–water partition coefficient (Wildman–Crippen LogP) is 1.43.